The normalized spacial score (nSPS) is 11.5. The number of rotatable bonds is 6. The molecule has 0 radical (unpaired) electrons. The number of nitriles is 1. The summed E-state index contributed by atoms with van der Waals surface area (Å²) >= 11 is 1.39. The zero-order chi connectivity index (χ0) is 20.3. The maximum absolute atomic E-state index is 12.8. The number of fused-ring (bicyclic) bond motifs is 1. The van der Waals surface area contributed by atoms with Crippen LogP contribution in [0.1, 0.15) is 12.5 Å². The van der Waals surface area contributed by atoms with E-state index in [9.17, 15) is 13.2 Å². The van der Waals surface area contributed by atoms with Crippen LogP contribution in [0.25, 0.3) is 10.2 Å². The number of para-hydroxylation sites is 1. The van der Waals surface area contributed by atoms with Crippen molar-refractivity contribution in [1.29, 1.82) is 5.26 Å². The number of sulfonamides is 1. The Bertz CT molecular complexity index is 1110. The van der Waals surface area contributed by atoms with Crippen molar-refractivity contribution in [3.05, 3.63) is 54.1 Å². The molecule has 0 unspecified atom stereocenters. The number of benzene rings is 2. The van der Waals surface area contributed by atoms with Gasteiger partial charge in [-0.1, -0.05) is 23.5 Å². The monoisotopic (exact) mass is 414 g/mol. The van der Waals surface area contributed by atoms with Gasteiger partial charge in [-0.2, -0.15) is 9.57 Å². The smallest absolute Gasteiger partial charge is 0.244 e. The summed E-state index contributed by atoms with van der Waals surface area (Å²) in [5.41, 5.74) is 1.16. The second-order valence-electron chi connectivity index (χ2n) is 6.00. The fourth-order valence-electron chi connectivity index (χ4n) is 2.64. The lowest BCUT2D eigenvalue weighted by molar-refractivity contribution is -0.118. The average molecular weight is 415 g/mol. The van der Waals surface area contributed by atoms with E-state index in [1.54, 1.807) is 0 Å². The molecule has 9 heteroatoms. The molecule has 1 heterocycles. The standard InChI is InChI=1S/C19H18N4O3S2/c1-3-23(19-21-16-6-4-5-7-17(16)27-19)18(24)13-22(2)28(25,26)15-10-8-14(12-20)9-11-15/h4-11H,3,13H2,1-2H3. The molecule has 1 amide bonds. The number of carbonyl (C=O) groups excluding carboxylic acids is 1. The molecule has 0 fully saturated rings. The third kappa shape index (κ3) is 3.89. The predicted molar refractivity (Wildman–Crippen MR) is 109 cm³/mol. The Balaban J connectivity index is 1.80. The highest BCUT2D eigenvalue weighted by atomic mass is 32.2. The van der Waals surface area contributed by atoms with Crippen LogP contribution in [0.3, 0.4) is 0 Å². The van der Waals surface area contributed by atoms with E-state index < -0.39 is 10.0 Å². The minimum atomic E-state index is -3.85. The van der Waals surface area contributed by atoms with Crippen molar-refractivity contribution in [2.45, 2.75) is 11.8 Å². The third-order valence-electron chi connectivity index (χ3n) is 4.18. The molecule has 0 N–H and O–H groups in total. The van der Waals surface area contributed by atoms with Gasteiger partial charge < -0.3 is 0 Å². The van der Waals surface area contributed by atoms with Crippen LogP contribution in [0, 0.1) is 11.3 Å². The second kappa shape index (κ2) is 8.06. The number of hydrogen-bond donors (Lipinski definition) is 0. The van der Waals surface area contributed by atoms with Crippen LogP contribution in [0.5, 0.6) is 0 Å². The molecular formula is C19H18N4O3S2. The lowest BCUT2D eigenvalue weighted by Gasteiger charge is -2.22. The molecule has 0 saturated carbocycles. The van der Waals surface area contributed by atoms with Crippen LogP contribution in [-0.4, -0.2) is 43.8 Å². The van der Waals surface area contributed by atoms with Crippen molar-refractivity contribution in [2.24, 2.45) is 0 Å². The molecule has 144 valence electrons. The molecule has 0 spiro atoms. The molecule has 0 aliphatic rings. The first kappa shape index (κ1) is 19.9. The van der Waals surface area contributed by atoms with Crippen molar-refractivity contribution in [3.8, 4) is 6.07 Å². The third-order valence-corrected chi connectivity index (χ3v) is 7.06. The Hall–Kier alpha value is -2.80. The molecule has 28 heavy (non-hydrogen) atoms. The summed E-state index contributed by atoms with van der Waals surface area (Å²) in [5.74, 6) is -0.360. The maximum Gasteiger partial charge on any atom is 0.244 e. The number of carbonyl (C=O) groups is 1. The molecule has 0 atom stereocenters. The van der Waals surface area contributed by atoms with Crippen molar-refractivity contribution in [1.82, 2.24) is 9.29 Å². The summed E-state index contributed by atoms with van der Waals surface area (Å²) in [5, 5.41) is 9.38. The van der Waals surface area contributed by atoms with E-state index in [-0.39, 0.29) is 17.3 Å². The van der Waals surface area contributed by atoms with Crippen LogP contribution in [0.4, 0.5) is 5.13 Å². The average Bonchev–Trinajstić information content (AvgIpc) is 3.12. The Morgan fingerprint density at radius 2 is 1.86 bits per heavy atom. The van der Waals surface area contributed by atoms with Gasteiger partial charge in [0.25, 0.3) is 0 Å². The molecule has 2 aromatic carbocycles. The second-order valence-corrected chi connectivity index (χ2v) is 9.05. The van der Waals surface area contributed by atoms with Crippen LogP contribution in [-0.2, 0) is 14.8 Å². The molecule has 1 aromatic heterocycles. The van der Waals surface area contributed by atoms with Crippen molar-refractivity contribution in [3.63, 3.8) is 0 Å². The van der Waals surface area contributed by atoms with Gasteiger partial charge in [-0.25, -0.2) is 13.4 Å². The van der Waals surface area contributed by atoms with Crippen molar-refractivity contribution < 1.29 is 13.2 Å². The predicted octanol–water partition coefficient (Wildman–Crippen LogP) is 2.84. The van der Waals surface area contributed by atoms with E-state index in [1.807, 2.05) is 37.3 Å². The largest absolute Gasteiger partial charge is 0.287 e. The van der Waals surface area contributed by atoms with E-state index in [4.69, 9.17) is 5.26 Å². The summed E-state index contributed by atoms with van der Waals surface area (Å²) in [6.07, 6.45) is 0. The van der Waals surface area contributed by atoms with Gasteiger partial charge in [0.2, 0.25) is 15.9 Å². The van der Waals surface area contributed by atoms with E-state index in [1.165, 1.54) is 47.5 Å². The minimum Gasteiger partial charge on any atom is -0.287 e. The Morgan fingerprint density at radius 1 is 1.18 bits per heavy atom. The molecule has 0 aliphatic carbocycles. The molecule has 0 saturated heterocycles. The van der Waals surface area contributed by atoms with Gasteiger partial charge in [-0.05, 0) is 43.3 Å². The van der Waals surface area contributed by atoms with Crippen LogP contribution in [0.2, 0.25) is 0 Å². The lowest BCUT2D eigenvalue weighted by Crippen LogP contribution is -2.41. The topological polar surface area (TPSA) is 94.4 Å². The van der Waals surface area contributed by atoms with Gasteiger partial charge in [-0.15, -0.1) is 0 Å². The number of hydrogen-bond acceptors (Lipinski definition) is 6. The molecule has 7 nitrogen and oxygen atoms in total. The van der Waals surface area contributed by atoms with Crippen LogP contribution < -0.4 is 4.90 Å². The van der Waals surface area contributed by atoms with Gasteiger partial charge in [0.05, 0.1) is 33.3 Å². The first-order valence-corrected chi connectivity index (χ1v) is 10.7. The summed E-state index contributed by atoms with van der Waals surface area (Å²) in [7, 11) is -2.49. The first-order valence-electron chi connectivity index (χ1n) is 8.49. The van der Waals surface area contributed by atoms with Crippen molar-refractivity contribution >= 4 is 42.6 Å². The summed E-state index contributed by atoms with van der Waals surface area (Å²) in [4.78, 5) is 18.8. The zero-order valence-corrected chi connectivity index (χ0v) is 17.0. The summed E-state index contributed by atoms with van der Waals surface area (Å²) < 4.78 is 27.4. The number of likely N-dealkylation sites (N-methyl/N-ethyl adjacent to an activating group) is 2. The first-order chi connectivity index (χ1) is 13.4. The minimum absolute atomic E-state index is 0.0323. The maximum atomic E-state index is 12.8. The van der Waals surface area contributed by atoms with Gasteiger partial charge in [-0.3, -0.25) is 9.69 Å². The fraction of sp³-hybridized carbons (Fsp3) is 0.211. The summed E-state index contributed by atoms with van der Waals surface area (Å²) in [6.45, 7) is 1.88. The van der Waals surface area contributed by atoms with E-state index >= 15 is 0 Å². The van der Waals surface area contributed by atoms with Crippen LogP contribution >= 0.6 is 11.3 Å². The molecule has 3 aromatic rings. The Kier molecular flexibility index (Phi) is 5.74. The van der Waals surface area contributed by atoms with Crippen LogP contribution in [0.15, 0.2) is 53.4 Å². The highest BCUT2D eigenvalue weighted by Gasteiger charge is 2.26. The fourth-order valence-corrected chi connectivity index (χ4v) is 4.80. The highest BCUT2D eigenvalue weighted by Crippen LogP contribution is 2.28. The zero-order valence-electron chi connectivity index (χ0n) is 15.4. The van der Waals surface area contributed by atoms with Gasteiger partial charge in [0.15, 0.2) is 5.13 Å². The van der Waals surface area contributed by atoms with Gasteiger partial charge in [0, 0.05) is 13.6 Å². The quantitative estimate of drug-likeness (QED) is 0.618. The highest BCUT2D eigenvalue weighted by molar-refractivity contribution is 7.89. The number of aromatic nitrogens is 1. The van der Waals surface area contributed by atoms with E-state index in [0.29, 0.717) is 17.2 Å². The molecule has 0 aliphatic heterocycles. The number of thiazole rings is 1. The molecular weight excluding hydrogens is 396 g/mol. The Morgan fingerprint density at radius 3 is 2.46 bits per heavy atom. The lowest BCUT2D eigenvalue weighted by atomic mass is 10.2. The van der Waals surface area contributed by atoms with Gasteiger partial charge in [0.1, 0.15) is 0 Å². The number of anilines is 1. The van der Waals surface area contributed by atoms with E-state index in [2.05, 4.69) is 4.98 Å². The SMILES string of the molecule is CCN(C(=O)CN(C)S(=O)(=O)c1ccc(C#N)cc1)c1nc2ccccc2s1. The van der Waals surface area contributed by atoms with Gasteiger partial charge >= 0.3 is 0 Å². The number of nitrogens with zero attached hydrogens (tertiary/aromatic N) is 4. The molecule has 3 rings (SSSR count). The number of amides is 1. The van der Waals surface area contributed by atoms with E-state index in [0.717, 1.165) is 14.5 Å². The Labute approximate surface area is 167 Å². The molecule has 0 bridgehead atoms. The summed E-state index contributed by atoms with van der Waals surface area (Å²) in [6, 6.07) is 15.1. The van der Waals surface area contributed by atoms with Crippen molar-refractivity contribution in [2.75, 3.05) is 25.0 Å².